The summed E-state index contributed by atoms with van der Waals surface area (Å²) in [5.41, 5.74) is 0.845. The zero-order valence-corrected chi connectivity index (χ0v) is 14.0. The molecule has 0 heterocycles. The predicted octanol–water partition coefficient (Wildman–Crippen LogP) is 3.24. The normalized spacial score (nSPS) is 11.5. The Morgan fingerprint density at radius 1 is 1.16 bits per heavy atom. The van der Waals surface area contributed by atoms with Crippen molar-refractivity contribution in [2.75, 3.05) is 13.7 Å². The first-order chi connectivity index (χ1) is 12.0. The van der Waals surface area contributed by atoms with E-state index in [4.69, 9.17) is 9.47 Å². The number of carbonyl (C=O) groups is 1. The smallest absolute Gasteiger partial charge is 0.315 e. The third-order valence-corrected chi connectivity index (χ3v) is 3.39. The van der Waals surface area contributed by atoms with E-state index in [2.05, 4.69) is 10.6 Å². The van der Waals surface area contributed by atoms with Gasteiger partial charge in [-0.15, -0.1) is 0 Å². The van der Waals surface area contributed by atoms with Crippen molar-refractivity contribution in [3.63, 3.8) is 0 Å². The lowest BCUT2D eigenvalue weighted by atomic mass is 10.2. The van der Waals surface area contributed by atoms with Crippen LogP contribution in [0.5, 0.6) is 11.5 Å². The number of ether oxygens (including phenoxy) is 2. The average Bonchev–Trinajstić information content (AvgIpc) is 2.59. The van der Waals surface area contributed by atoms with Crippen molar-refractivity contribution < 1.29 is 23.0 Å². The topological polar surface area (TPSA) is 59.6 Å². The van der Waals surface area contributed by atoms with Crippen LogP contribution >= 0.6 is 0 Å². The minimum atomic E-state index is -0.784. The zero-order valence-electron chi connectivity index (χ0n) is 14.0. The Bertz CT molecular complexity index is 725. The van der Waals surface area contributed by atoms with Gasteiger partial charge in [-0.2, -0.15) is 0 Å². The first kappa shape index (κ1) is 18.5. The van der Waals surface area contributed by atoms with Gasteiger partial charge in [0, 0.05) is 18.2 Å². The maximum Gasteiger partial charge on any atom is 0.315 e. The summed E-state index contributed by atoms with van der Waals surface area (Å²) < 4.78 is 36.8. The highest BCUT2D eigenvalue weighted by Crippen LogP contribution is 2.18. The molecule has 0 bridgehead atoms. The van der Waals surface area contributed by atoms with Crippen molar-refractivity contribution in [2.24, 2.45) is 0 Å². The molecule has 134 valence electrons. The van der Waals surface area contributed by atoms with Crippen molar-refractivity contribution in [3.8, 4) is 11.5 Å². The summed E-state index contributed by atoms with van der Waals surface area (Å²) in [4.78, 5) is 11.9. The quantitative estimate of drug-likeness (QED) is 0.806. The SMILES string of the molecule is COc1ccccc1CNC(=O)NC(C)COc1ccc(F)cc1F. The van der Waals surface area contributed by atoms with E-state index in [-0.39, 0.29) is 24.4 Å². The number of para-hydroxylation sites is 1. The van der Waals surface area contributed by atoms with E-state index >= 15 is 0 Å². The van der Waals surface area contributed by atoms with Crippen LogP contribution in [-0.4, -0.2) is 25.8 Å². The lowest BCUT2D eigenvalue weighted by Crippen LogP contribution is -2.43. The molecular weight excluding hydrogens is 330 g/mol. The van der Waals surface area contributed by atoms with Crippen LogP contribution in [0.4, 0.5) is 13.6 Å². The molecular formula is C18H20F2N2O3. The summed E-state index contributed by atoms with van der Waals surface area (Å²) in [6.07, 6.45) is 0. The standard InChI is InChI=1S/C18H20F2N2O3/c1-12(11-25-17-8-7-14(19)9-15(17)20)22-18(23)21-10-13-5-3-4-6-16(13)24-2/h3-9,12H,10-11H2,1-2H3,(H2,21,22,23). The maximum atomic E-state index is 13.5. The molecule has 1 atom stereocenters. The predicted molar refractivity (Wildman–Crippen MR) is 89.7 cm³/mol. The Labute approximate surface area is 144 Å². The molecule has 2 aromatic carbocycles. The van der Waals surface area contributed by atoms with Crippen LogP contribution in [0.1, 0.15) is 12.5 Å². The zero-order chi connectivity index (χ0) is 18.2. The second-order valence-electron chi connectivity index (χ2n) is 5.43. The van der Waals surface area contributed by atoms with Crippen LogP contribution in [-0.2, 0) is 6.54 Å². The fourth-order valence-corrected chi connectivity index (χ4v) is 2.15. The Morgan fingerprint density at radius 2 is 1.92 bits per heavy atom. The van der Waals surface area contributed by atoms with E-state index in [1.54, 1.807) is 14.0 Å². The fraction of sp³-hybridized carbons (Fsp3) is 0.278. The highest BCUT2D eigenvalue weighted by Gasteiger charge is 2.11. The second kappa shape index (κ2) is 8.86. The first-order valence-corrected chi connectivity index (χ1v) is 7.73. The molecule has 2 aromatic rings. The van der Waals surface area contributed by atoms with Crippen LogP contribution < -0.4 is 20.1 Å². The van der Waals surface area contributed by atoms with E-state index in [0.29, 0.717) is 12.3 Å². The first-order valence-electron chi connectivity index (χ1n) is 7.73. The summed E-state index contributed by atoms with van der Waals surface area (Å²) in [5.74, 6) is -0.838. The van der Waals surface area contributed by atoms with Gasteiger partial charge in [0.2, 0.25) is 0 Å². The largest absolute Gasteiger partial charge is 0.496 e. The molecule has 2 amide bonds. The van der Waals surface area contributed by atoms with Gasteiger partial charge in [0.05, 0.1) is 13.2 Å². The third-order valence-electron chi connectivity index (χ3n) is 3.39. The fourth-order valence-electron chi connectivity index (χ4n) is 2.15. The Balaban J connectivity index is 1.78. The number of hydrogen-bond donors (Lipinski definition) is 2. The number of rotatable bonds is 7. The van der Waals surface area contributed by atoms with Gasteiger partial charge in [-0.25, -0.2) is 13.6 Å². The minimum Gasteiger partial charge on any atom is -0.496 e. The number of carbonyl (C=O) groups excluding carboxylic acids is 1. The molecule has 0 aliphatic heterocycles. The Hall–Kier alpha value is -2.83. The number of amides is 2. The number of nitrogens with one attached hydrogen (secondary N) is 2. The molecule has 0 saturated carbocycles. The number of urea groups is 1. The molecule has 0 aromatic heterocycles. The van der Waals surface area contributed by atoms with E-state index < -0.39 is 11.6 Å². The van der Waals surface area contributed by atoms with Gasteiger partial charge in [-0.3, -0.25) is 0 Å². The highest BCUT2D eigenvalue weighted by molar-refractivity contribution is 5.74. The molecule has 5 nitrogen and oxygen atoms in total. The van der Waals surface area contributed by atoms with Gasteiger partial charge in [0.25, 0.3) is 0 Å². The third kappa shape index (κ3) is 5.63. The van der Waals surface area contributed by atoms with E-state index in [1.165, 1.54) is 6.07 Å². The van der Waals surface area contributed by atoms with Gasteiger partial charge in [-0.05, 0) is 25.1 Å². The summed E-state index contributed by atoms with van der Waals surface area (Å²) in [6.45, 7) is 2.06. The van der Waals surface area contributed by atoms with Gasteiger partial charge in [0.1, 0.15) is 18.2 Å². The summed E-state index contributed by atoms with van der Waals surface area (Å²) in [5, 5.41) is 5.39. The van der Waals surface area contributed by atoms with Crippen LogP contribution in [0.15, 0.2) is 42.5 Å². The molecule has 0 fully saturated rings. The van der Waals surface area contributed by atoms with E-state index in [1.807, 2.05) is 24.3 Å². The molecule has 2 N–H and O–H groups in total. The molecule has 1 unspecified atom stereocenters. The van der Waals surface area contributed by atoms with Crippen LogP contribution in [0.2, 0.25) is 0 Å². The van der Waals surface area contributed by atoms with E-state index in [9.17, 15) is 13.6 Å². The van der Waals surface area contributed by atoms with Crippen molar-refractivity contribution in [1.82, 2.24) is 10.6 Å². The monoisotopic (exact) mass is 350 g/mol. The number of methoxy groups -OCH3 is 1. The minimum absolute atomic E-state index is 0.0463. The van der Waals surface area contributed by atoms with E-state index in [0.717, 1.165) is 17.7 Å². The number of hydrogen-bond acceptors (Lipinski definition) is 3. The Kier molecular flexibility index (Phi) is 6.56. The van der Waals surface area contributed by atoms with Gasteiger partial charge in [0.15, 0.2) is 11.6 Å². The molecule has 25 heavy (non-hydrogen) atoms. The molecule has 0 aliphatic rings. The van der Waals surface area contributed by atoms with Gasteiger partial charge in [-0.1, -0.05) is 18.2 Å². The molecule has 0 radical (unpaired) electrons. The van der Waals surface area contributed by atoms with Gasteiger partial charge >= 0.3 is 6.03 Å². The average molecular weight is 350 g/mol. The molecule has 2 rings (SSSR count). The lowest BCUT2D eigenvalue weighted by molar-refractivity contribution is 0.224. The molecule has 0 spiro atoms. The Morgan fingerprint density at radius 3 is 2.64 bits per heavy atom. The van der Waals surface area contributed by atoms with Crippen molar-refractivity contribution in [3.05, 3.63) is 59.7 Å². The highest BCUT2D eigenvalue weighted by atomic mass is 19.1. The summed E-state index contributed by atoms with van der Waals surface area (Å²) >= 11 is 0. The van der Waals surface area contributed by atoms with Crippen LogP contribution in [0.3, 0.4) is 0 Å². The van der Waals surface area contributed by atoms with Crippen molar-refractivity contribution in [1.29, 1.82) is 0 Å². The van der Waals surface area contributed by atoms with Gasteiger partial charge < -0.3 is 20.1 Å². The molecule has 0 aliphatic carbocycles. The van der Waals surface area contributed by atoms with Crippen molar-refractivity contribution >= 4 is 6.03 Å². The summed E-state index contributed by atoms with van der Waals surface area (Å²) in [6, 6.07) is 9.65. The second-order valence-corrected chi connectivity index (χ2v) is 5.43. The maximum absolute atomic E-state index is 13.5. The number of halogens is 2. The van der Waals surface area contributed by atoms with Crippen LogP contribution in [0, 0.1) is 11.6 Å². The lowest BCUT2D eigenvalue weighted by Gasteiger charge is -2.16. The molecule has 7 heteroatoms. The molecule has 0 saturated heterocycles. The summed E-state index contributed by atoms with van der Waals surface area (Å²) in [7, 11) is 1.56. The van der Waals surface area contributed by atoms with Crippen LogP contribution in [0.25, 0.3) is 0 Å². The van der Waals surface area contributed by atoms with Crippen molar-refractivity contribution in [2.45, 2.75) is 19.5 Å². The number of benzene rings is 2.